The monoisotopic (exact) mass is 397 g/mol. The maximum atomic E-state index is 9.86. The number of halogens is 1. The molecule has 0 bridgehead atoms. The van der Waals surface area contributed by atoms with Crippen molar-refractivity contribution in [3.8, 4) is 11.5 Å². The Balaban J connectivity index is 1.96. The summed E-state index contributed by atoms with van der Waals surface area (Å²) in [5, 5.41) is 9.86. The van der Waals surface area contributed by atoms with Gasteiger partial charge in [0.1, 0.15) is 0 Å². The van der Waals surface area contributed by atoms with Crippen LogP contribution >= 0.6 is 22.6 Å². The molecule has 0 heterocycles. The maximum absolute atomic E-state index is 9.86. The molecule has 112 valence electrons. The molecule has 0 saturated carbocycles. The van der Waals surface area contributed by atoms with Crippen molar-refractivity contribution in [3.63, 3.8) is 0 Å². The number of rotatable bonds is 6. The normalized spacial score (nSPS) is 10.9. The zero-order chi connectivity index (χ0) is 15.2. The number of ether oxygens (including phenoxy) is 1. The van der Waals surface area contributed by atoms with E-state index < -0.39 is 0 Å². The fourth-order valence-electron chi connectivity index (χ4n) is 2.23. The first-order valence-corrected chi connectivity index (χ1v) is 7.96. The largest absolute Gasteiger partial charge is 0.504 e. The van der Waals surface area contributed by atoms with Crippen LogP contribution in [0.25, 0.3) is 0 Å². The van der Waals surface area contributed by atoms with E-state index in [1.807, 2.05) is 18.2 Å². The molecular weight excluding hydrogens is 377 g/mol. The van der Waals surface area contributed by atoms with Gasteiger partial charge in [0.25, 0.3) is 0 Å². The van der Waals surface area contributed by atoms with E-state index in [2.05, 4.69) is 58.8 Å². The number of likely N-dealkylation sites (N-methyl/N-ethyl adjacent to an activating group) is 1. The lowest BCUT2D eigenvalue weighted by atomic mass is 10.1. The molecule has 3 nitrogen and oxygen atoms in total. The number of nitrogens with zero attached hydrogens (tertiary/aromatic N) is 1. The lowest BCUT2D eigenvalue weighted by Crippen LogP contribution is -2.20. The van der Waals surface area contributed by atoms with Crippen LogP contribution in [0.1, 0.15) is 11.1 Å². The number of phenolic OH excluding ortho intramolecular Hbond substituents is 1. The van der Waals surface area contributed by atoms with Crippen molar-refractivity contribution in [1.29, 1.82) is 0 Å². The number of hydrogen-bond donors (Lipinski definition) is 1. The highest BCUT2D eigenvalue weighted by molar-refractivity contribution is 14.1. The van der Waals surface area contributed by atoms with Gasteiger partial charge in [-0.1, -0.05) is 30.3 Å². The minimum Gasteiger partial charge on any atom is -0.504 e. The lowest BCUT2D eigenvalue weighted by Gasteiger charge is -2.18. The van der Waals surface area contributed by atoms with Crippen LogP contribution in [-0.2, 0) is 13.0 Å². The molecule has 0 aliphatic rings. The predicted molar refractivity (Wildman–Crippen MR) is 93.9 cm³/mol. The highest BCUT2D eigenvalue weighted by Crippen LogP contribution is 2.32. The van der Waals surface area contributed by atoms with Crippen molar-refractivity contribution in [1.82, 2.24) is 4.90 Å². The van der Waals surface area contributed by atoms with Crippen molar-refractivity contribution in [2.24, 2.45) is 0 Å². The molecule has 0 aliphatic heterocycles. The lowest BCUT2D eigenvalue weighted by molar-refractivity contribution is 0.328. The van der Waals surface area contributed by atoms with E-state index in [0.717, 1.165) is 28.6 Å². The van der Waals surface area contributed by atoms with E-state index in [1.165, 1.54) is 5.56 Å². The second kappa shape index (κ2) is 7.66. The summed E-state index contributed by atoms with van der Waals surface area (Å²) in [6.45, 7) is 1.82. The zero-order valence-corrected chi connectivity index (χ0v) is 14.5. The Labute approximate surface area is 139 Å². The quantitative estimate of drug-likeness (QED) is 0.755. The molecule has 0 aliphatic carbocycles. The van der Waals surface area contributed by atoms with Crippen LogP contribution in [0.15, 0.2) is 42.5 Å². The third-order valence-electron chi connectivity index (χ3n) is 3.39. The van der Waals surface area contributed by atoms with Gasteiger partial charge in [0.15, 0.2) is 11.5 Å². The second-order valence-electron chi connectivity index (χ2n) is 5.10. The van der Waals surface area contributed by atoms with Gasteiger partial charge in [-0.3, -0.25) is 0 Å². The van der Waals surface area contributed by atoms with E-state index >= 15 is 0 Å². The summed E-state index contributed by atoms with van der Waals surface area (Å²) in [4.78, 5) is 2.27. The fraction of sp³-hybridized carbons (Fsp3) is 0.294. The Bertz CT molecular complexity index is 587. The Morgan fingerprint density at radius 1 is 1.14 bits per heavy atom. The summed E-state index contributed by atoms with van der Waals surface area (Å²) in [5.74, 6) is 0.752. The molecule has 0 aromatic heterocycles. The summed E-state index contributed by atoms with van der Waals surface area (Å²) in [6.07, 6.45) is 1.03. The summed E-state index contributed by atoms with van der Waals surface area (Å²) >= 11 is 2.13. The molecule has 2 rings (SSSR count). The molecule has 0 spiro atoms. The molecule has 0 amide bonds. The van der Waals surface area contributed by atoms with Gasteiger partial charge < -0.3 is 14.7 Å². The first-order valence-electron chi connectivity index (χ1n) is 6.88. The van der Waals surface area contributed by atoms with Crippen LogP contribution in [0.4, 0.5) is 0 Å². The molecule has 4 heteroatoms. The smallest absolute Gasteiger partial charge is 0.171 e. The summed E-state index contributed by atoms with van der Waals surface area (Å²) in [7, 11) is 3.68. The van der Waals surface area contributed by atoms with Crippen LogP contribution in [-0.4, -0.2) is 30.7 Å². The van der Waals surface area contributed by atoms with Crippen molar-refractivity contribution < 1.29 is 9.84 Å². The van der Waals surface area contributed by atoms with E-state index in [1.54, 1.807) is 7.11 Å². The molecule has 0 saturated heterocycles. The Morgan fingerprint density at radius 3 is 2.52 bits per heavy atom. The Morgan fingerprint density at radius 2 is 1.86 bits per heavy atom. The maximum Gasteiger partial charge on any atom is 0.171 e. The second-order valence-corrected chi connectivity index (χ2v) is 6.26. The van der Waals surface area contributed by atoms with Crippen LogP contribution in [0.3, 0.4) is 0 Å². The van der Waals surface area contributed by atoms with Gasteiger partial charge in [-0.05, 0) is 59.3 Å². The summed E-state index contributed by atoms with van der Waals surface area (Å²) in [6, 6.07) is 14.4. The van der Waals surface area contributed by atoms with E-state index in [0.29, 0.717) is 5.75 Å². The molecule has 0 unspecified atom stereocenters. The summed E-state index contributed by atoms with van der Waals surface area (Å²) in [5.41, 5.74) is 2.49. The average Bonchev–Trinajstić information content (AvgIpc) is 2.49. The third kappa shape index (κ3) is 4.61. The molecular formula is C17H20INO2. The van der Waals surface area contributed by atoms with Crippen LogP contribution in [0.2, 0.25) is 0 Å². The molecule has 2 aromatic carbocycles. The van der Waals surface area contributed by atoms with Crippen molar-refractivity contribution in [2.45, 2.75) is 13.0 Å². The molecule has 21 heavy (non-hydrogen) atoms. The molecule has 0 fully saturated rings. The van der Waals surface area contributed by atoms with Gasteiger partial charge in [0.05, 0.1) is 10.7 Å². The predicted octanol–water partition coefficient (Wildman–Crippen LogP) is 3.68. The standard InChI is InChI=1S/C17H20INO2/c1-19(9-8-13-6-4-3-5-7-13)12-14-10-15(18)17(20)16(11-14)21-2/h3-7,10-11,20H,8-9,12H2,1-2H3. The number of hydrogen-bond acceptors (Lipinski definition) is 3. The van der Waals surface area contributed by atoms with Crippen LogP contribution in [0.5, 0.6) is 11.5 Å². The first-order chi connectivity index (χ1) is 10.1. The summed E-state index contributed by atoms with van der Waals surface area (Å²) < 4.78 is 6.02. The van der Waals surface area contributed by atoms with Gasteiger partial charge in [-0.15, -0.1) is 0 Å². The molecule has 2 aromatic rings. The molecule has 0 atom stereocenters. The number of benzene rings is 2. The SMILES string of the molecule is COc1cc(CN(C)CCc2ccccc2)cc(I)c1O. The molecule has 0 radical (unpaired) electrons. The minimum atomic E-state index is 0.216. The number of methoxy groups -OCH3 is 1. The van der Waals surface area contributed by atoms with E-state index in [4.69, 9.17) is 4.74 Å². The highest BCUT2D eigenvalue weighted by Gasteiger charge is 2.10. The topological polar surface area (TPSA) is 32.7 Å². The number of phenols is 1. The minimum absolute atomic E-state index is 0.216. The van der Waals surface area contributed by atoms with Gasteiger partial charge in [0.2, 0.25) is 0 Å². The van der Waals surface area contributed by atoms with Crippen LogP contribution in [0, 0.1) is 3.57 Å². The Kier molecular flexibility index (Phi) is 5.87. The fourth-order valence-corrected chi connectivity index (χ4v) is 2.90. The Hall–Kier alpha value is -1.27. The zero-order valence-electron chi connectivity index (χ0n) is 12.3. The van der Waals surface area contributed by atoms with Crippen molar-refractivity contribution >= 4 is 22.6 Å². The van der Waals surface area contributed by atoms with Crippen molar-refractivity contribution in [2.75, 3.05) is 20.7 Å². The molecule has 1 N–H and O–H groups in total. The van der Waals surface area contributed by atoms with Crippen molar-refractivity contribution in [3.05, 3.63) is 57.2 Å². The van der Waals surface area contributed by atoms with Gasteiger partial charge in [-0.25, -0.2) is 0 Å². The van der Waals surface area contributed by atoms with Crippen LogP contribution < -0.4 is 4.74 Å². The highest BCUT2D eigenvalue weighted by atomic mass is 127. The average molecular weight is 397 g/mol. The van der Waals surface area contributed by atoms with Gasteiger partial charge in [-0.2, -0.15) is 0 Å². The first kappa shape index (κ1) is 16.1. The van der Waals surface area contributed by atoms with Gasteiger partial charge in [0, 0.05) is 13.1 Å². The van der Waals surface area contributed by atoms with E-state index in [9.17, 15) is 5.11 Å². The number of aromatic hydroxyl groups is 1. The van der Waals surface area contributed by atoms with Gasteiger partial charge >= 0.3 is 0 Å². The van der Waals surface area contributed by atoms with E-state index in [-0.39, 0.29) is 5.75 Å². The third-order valence-corrected chi connectivity index (χ3v) is 4.21.